The number of benzene rings is 3. The van der Waals surface area contributed by atoms with E-state index in [0.717, 1.165) is 34.1 Å². The van der Waals surface area contributed by atoms with Gasteiger partial charge in [0.15, 0.2) is 0 Å². The van der Waals surface area contributed by atoms with Gasteiger partial charge in [0, 0.05) is 5.69 Å². The van der Waals surface area contributed by atoms with Gasteiger partial charge in [-0.25, -0.2) is 22.4 Å². The second-order valence-electron chi connectivity index (χ2n) is 9.98. The van der Waals surface area contributed by atoms with Crippen LogP contribution in [0.1, 0.15) is 26.3 Å². The number of rotatable bonds is 7. The average molecular weight is 572 g/mol. The van der Waals surface area contributed by atoms with Gasteiger partial charge in [-0.15, -0.1) is 0 Å². The maximum absolute atomic E-state index is 13.6. The predicted molar refractivity (Wildman–Crippen MR) is 146 cm³/mol. The summed E-state index contributed by atoms with van der Waals surface area (Å²) in [5, 5.41) is 5.19. The Morgan fingerprint density at radius 2 is 1.73 bits per heavy atom. The first-order valence-electron chi connectivity index (χ1n) is 12.4. The highest BCUT2D eigenvalue weighted by atomic mass is 32.2. The van der Waals surface area contributed by atoms with Gasteiger partial charge in [0.25, 0.3) is 10.0 Å². The van der Waals surface area contributed by atoms with E-state index in [9.17, 15) is 22.4 Å². The van der Waals surface area contributed by atoms with Crippen LogP contribution in [0.3, 0.4) is 0 Å². The first kappa shape index (κ1) is 28.7. The predicted octanol–water partition coefficient (Wildman–Crippen LogP) is 5.06. The number of fused-ring (bicyclic) bond motifs is 1. The van der Waals surface area contributed by atoms with Crippen molar-refractivity contribution in [2.24, 2.45) is 0 Å². The minimum absolute atomic E-state index is 0.0551. The SMILES string of the molecule is CC(C)(C)OC(=O)Nc1ccc2c(c1)N(S(=O)(=O)c1ccc(F)cc1)C[C@H](CNC(=O)OCc1ccccc1)O2. The molecule has 1 aliphatic heterocycles. The van der Waals surface area contributed by atoms with Crippen molar-refractivity contribution >= 4 is 33.6 Å². The van der Waals surface area contributed by atoms with Crippen LogP contribution in [-0.2, 0) is 26.1 Å². The molecule has 0 spiro atoms. The van der Waals surface area contributed by atoms with Crippen LogP contribution in [0.4, 0.5) is 25.4 Å². The highest BCUT2D eigenvalue weighted by Crippen LogP contribution is 2.39. The number of halogens is 1. The maximum atomic E-state index is 13.6. The van der Waals surface area contributed by atoms with E-state index in [1.165, 1.54) is 18.2 Å². The minimum atomic E-state index is -4.19. The number of hydrogen-bond acceptors (Lipinski definition) is 7. The summed E-state index contributed by atoms with van der Waals surface area (Å²) in [6.07, 6.45) is -2.19. The molecular formula is C28H30FN3O7S. The fraction of sp³-hybridized carbons (Fsp3) is 0.286. The number of amides is 2. The summed E-state index contributed by atoms with van der Waals surface area (Å²) in [6, 6.07) is 18.1. The highest BCUT2D eigenvalue weighted by molar-refractivity contribution is 7.92. The van der Waals surface area contributed by atoms with E-state index < -0.39 is 39.7 Å². The van der Waals surface area contributed by atoms with Crippen molar-refractivity contribution in [3.63, 3.8) is 0 Å². The molecule has 12 heteroatoms. The van der Waals surface area contributed by atoms with Gasteiger partial charge in [0.2, 0.25) is 0 Å². The van der Waals surface area contributed by atoms with Crippen LogP contribution >= 0.6 is 0 Å². The van der Waals surface area contributed by atoms with E-state index in [4.69, 9.17) is 14.2 Å². The number of carbonyl (C=O) groups is 2. The molecule has 3 aromatic carbocycles. The van der Waals surface area contributed by atoms with Crippen LogP contribution in [0.15, 0.2) is 77.7 Å². The zero-order valence-corrected chi connectivity index (χ0v) is 23.0. The van der Waals surface area contributed by atoms with E-state index >= 15 is 0 Å². The summed E-state index contributed by atoms with van der Waals surface area (Å²) >= 11 is 0. The zero-order chi connectivity index (χ0) is 28.9. The molecule has 0 unspecified atom stereocenters. The van der Waals surface area contributed by atoms with Crippen LogP contribution in [0.5, 0.6) is 5.75 Å². The first-order chi connectivity index (χ1) is 18.9. The van der Waals surface area contributed by atoms with Crippen molar-refractivity contribution in [3.8, 4) is 5.75 Å². The molecule has 0 aromatic heterocycles. The molecule has 0 aliphatic carbocycles. The molecule has 3 aromatic rings. The molecule has 0 bridgehead atoms. The van der Waals surface area contributed by atoms with Crippen molar-refractivity contribution < 1.29 is 36.6 Å². The summed E-state index contributed by atoms with van der Waals surface area (Å²) in [7, 11) is -4.19. The van der Waals surface area contributed by atoms with Gasteiger partial charge in [-0.1, -0.05) is 30.3 Å². The van der Waals surface area contributed by atoms with Crippen LogP contribution in [-0.4, -0.2) is 45.4 Å². The van der Waals surface area contributed by atoms with Gasteiger partial charge >= 0.3 is 12.2 Å². The number of sulfonamides is 1. The average Bonchev–Trinajstić information content (AvgIpc) is 2.90. The van der Waals surface area contributed by atoms with Gasteiger partial charge < -0.3 is 19.5 Å². The van der Waals surface area contributed by atoms with Gasteiger partial charge in [0.05, 0.1) is 23.7 Å². The molecule has 10 nitrogen and oxygen atoms in total. The van der Waals surface area contributed by atoms with Gasteiger partial charge in [-0.3, -0.25) is 9.62 Å². The summed E-state index contributed by atoms with van der Waals surface area (Å²) in [5.41, 5.74) is 0.507. The Kier molecular flexibility index (Phi) is 8.48. The molecule has 0 saturated carbocycles. The van der Waals surface area contributed by atoms with Crippen LogP contribution in [0.2, 0.25) is 0 Å². The van der Waals surface area contributed by atoms with Crippen molar-refractivity contribution in [2.75, 3.05) is 22.7 Å². The molecule has 4 rings (SSSR count). The monoisotopic (exact) mass is 571 g/mol. The molecule has 2 amide bonds. The van der Waals surface area contributed by atoms with Crippen LogP contribution in [0, 0.1) is 5.82 Å². The van der Waals surface area contributed by atoms with Crippen molar-refractivity contribution in [3.05, 3.63) is 84.2 Å². The topological polar surface area (TPSA) is 123 Å². The van der Waals surface area contributed by atoms with E-state index in [0.29, 0.717) is 0 Å². The summed E-state index contributed by atoms with van der Waals surface area (Å²) < 4.78 is 58.4. The lowest BCUT2D eigenvalue weighted by atomic mass is 10.2. The molecular weight excluding hydrogens is 541 g/mol. The highest BCUT2D eigenvalue weighted by Gasteiger charge is 2.35. The van der Waals surface area contributed by atoms with Crippen LogP contribution in [0.25, 0.3) is 0 Å². The standard InChI is InChI=1S/C28H30FN3O7S/c1-28(2,3)39-27(34)31-21-11-14-25-24(15-21)32(40(35,36)23-12-9-20(29)10-13-23)17-22(38-25)16-30-26(33)37-18-19-7-5-4-6-8-19/h4-15,22H,16-18H2,1-3H3,(H,30,33)(H,31,34)/t22-/m0/s1. The summed E-state index contributed by atoms with van der Waals surface area (Å²) in [6.45, 7) is 4.99. The molecule has 1 aliphatic rings. The Morgan fingerprint density at radius 1 is 1.02 bits per heavy atom. The van der Waals surface area contributed by atoms with Crippen LogP contribution < -0.4 is 19.7 Å². The Labute approximate surface area is 232 Å². The third-order valence-electron chi connectivity index (χ3n) is 5.62. The van der Waals surface area contributed by atoms with E-state index in [-0.39, 0.29) is 41.7 Å². The summed E-state index contributed by atoms with van der Waals surface area (Å²) in [5.74, 6) is -0.377. The number of nitrogens with zero attached hydrogens (tertiary/aromatic N) is 1. The van der Waals surface area contributed by atoms with E-state index in [2.05, 4.69) is 10.6 Å². The number of hydrogen-bond donors (Lipinski definition) is 2. The number of nitrogens with one attached hydrogen (secondary N) is 2. The smallest absolute Gasteiger partial charge is 0.412 e. The minimum Gasteiger partial charge on any atom is -0.484 e. The lowest BCUT2D eigenvalue weighted by Crippen LogP contribution is -2.48. The maximum Gasteiger partial charge on any atom is 0.412 e. The van der Waals surface area contributed by atoms with Crippen molar-refractivity contribution in [1.29, 1.82) is 0 Å². The lowest BCUT2D eigenvalue weighted by Gasteiger charge is -2.35. The fourth-order valence-corrected chi connectivity index (χ4v) is 5.35. The summed E-state index contributed by atoms with van der Waals surface area (Å²) in [4.78, 5) is 24.4. The molecule has 1 heterocycles. The molecule has 2 N–H and O–H groups in total. The number of ether oxygens (including phenoxy) is 3. The molecule has 0 saturated heterocycles. The molecule has 212 valence electrons. The van der Waals surface area contributed by atoms with Gasteiger partial charge in [-0.2, -0.15) is 0 Å². The fourth-order valence-electron chi connectivity index (χ4n) is 3.85. The largest absolute Gasteiger partial charge is 0.484 e. The second-order valence-corrected chi connectivity index (χ2v) is 11.8. The number of anilines is 2. The molecule has 1 atom stereocenters. The van der Waals surface area contributed by atoms with Gasteiger partial charge in [0.1, 0.15) is 29.9 Å². The zero-order valence-electron chi connectivity index (χ0n) is 22.2. The second kappa shape index (κ2) is 11.8. The Morgan fingerprint density at radius 3 is 2.40 bits per heavy atom. The third-order valence-corrected chi connectivity index (χ3v) is 7.42. The van der Waals surface area contributed by atoms with E-state index in [1.54, 1.807) is 20.8 Å². The van der Waals surface area contributed by atoms with Gasteiger partial charge in [-0.05, 0) is 68.8 Å². The number of carbonyl (C=O) groups excluding carboxylic acids is 2. The van der Waals surface area contributed by atoms with Crippen molar-refractivity contribution in [1.82, 2.24) is 5.32 Å². The lowest BCUT2D eigenvalue weighted by molar-refractivity contribution is 0.0635. The third kappa shape index (κ3) is 7.41. The quantitative estimate of drug-likeness (QED) is 0.407. The van der Waals surface area contributed by atoms with Crippen molar-refractivity contribution in [2.45, 2.75) is 44.0 Å². The Balaban J connectivity index is 1.54. The molecule has 40 heavy (non-hydrogen) atoms. The Bertz CT molecular complexity index is 1460. The first-order valence-corrected chi connectivity index (χ1v) is 13.9. The number of alkyl carbamates (subject to hydrolysis) is 1. The molecule has 0 radical (unpaired) electrons. The Hall–Kier alpha value is -4.32. The van der Waals surface area contributed by atoms with E-state index in [1.807, 2.05) is 30.3 Å². The normalized spacial score (nSPS) is 14.9. The molecule has 0 fully saturated rings.